The fraction of sp³-hybridized carbons (Fsp3) is 0.222. The second kappa shape index (κ2) is 11.1. The van der Waals surface area contributed by atoms with E-state index in [9.17, 15) is 14.4 Å². The average Bonchev–Trinajstić information content (AvgIpc) is 3.50. The Morgan fingerprint density at radius 3 is 2.65 bits per heavy atom. The van der Waals surface area contributed by atoms with E-state index >= 15 is 0 Å². The van der Waals surface area contributed by atoms with Gasteiger partial charge in [0.25, 0.3) is 5.56 Å². The summed E-state index contributed by atoms with van der Waals surface area (Å²) in [5, 5.41) is 5.18. The molecule has 2 amide bonds. The van der Waals surface area contributed by atoms with Gasteiger partial charge in [0.1, 0.15) is 10.1 Å². The zero-order valence-corrected chi connectivity index (χ0v) is 21.8. The van der Waals surface area contributed by atoms with E-state index in [1.165, 1.54) is 34.0 Å². The van der Waals surface area contributed by atoms with Crippen LogP contribution in [0.2, 0.25) is 0 Å². The number of aryl methyl sites for hydroxylation is 1. The van der Waals surface area contributed by atoms with Gasteiger partial charge in [-0.2, -0.15) is 0 Å². The molecule has 1 aliphatic heterocycles. The summed E-state index contributed by atoms with van der Waals surface area (Å²) in [6, 6.07) is 18.7. The number of amides is 2. The molecule has 4 aromatic rings. The number of carbonyl (C=O) groups excluding carboxylic acids is 2. The second-order valence-corrected chi connectivity index (χ2v) is 10.5. The van der Waals surface area contributed by atoms with Crippen LogP contribution in [-0.2, 0) is 22.6 Å². The largest absolute Gasteiger partial charge is 0.326 e. The molecule has 0 spiro atoms. The number of aromatic nitrogens is 2. The Bertz CT molecular complexity index is 1530. The van der Waals surface area contributed by atoms with Crippen LogP contribution in [0, 0.1) is 0 Å². The Morgan fingerprint density at radius 1 is 1.05 bits per heavy atom. The lowest BCUT2D eigenvalue weighted by molar-refractivity contribution is -0.128. The van der Waals surface area contributed by atoms with Gasteiger partial charge in [0.15, 0.2) is 5.17 Å². The highest BCUT2D eigenvalue weighted by atomic mass is 32.2. The first-order valence-corrected chi connectivity index (χ1v) is 13.7. The summed E-state index contributed by atoms with van der Waals surface area (Å²) in [4.78, 5) is 50.5. The van der Waals surface area contributed by atoms with Crippen molar-refractivity contribution in [3.05, 3.63) is 88.3 Å². The van der Waals surface area contributed by atoms with Crippen molar-refractivity contribution in [3.8, 4) is 0 Å². The third-order valence-electron chi connectivity index (χ3n) is 6.05. The number of hydrogen-bond donors (Lipinski definition) is 1. The lowest BCUT2D eigenvalue weighted by Gasteiger charge is -2.17. The van der Waals surface area contributed by atoms with E-state index in [1.807, 2.05) is 47.8 Å². The van der Waals surface area contributed by atoms with Crippen molar-refractivity contribution in [2.45, 2.75) is 31.6 Å². The summed E-state index contributed by atoms with van der Waals surface area (Å²) in [5.41, 5.74) is 2.40. The molecular weight excluding hydrogens is 506 g/mol. The van der Waals surface area contributed by atoms with Crippen LogP contribution in [0.15, 0.2) is 82.2 Å². The maximum Gasteiger partial charge on any atom is 0.262 e. The van der Waals surface area contributed by atoms with Crippen LogP contribution in [0.25, 0.3) is 10.2 Å². The third kappa shape index (κ3) is 5.50. The lowest BCUT2D eigenvalue weighted by atomic mass is 10.1. The molecule has 0 saturated carbocycles. The van der Waals surface area contributed by atoms with Gasteiger partial charge in [-0.3, -0.25) is 23.9 Å². The van der Waals surface area contributed by atoms with Crippen LogP contribution < -0.4 is 10.9 Å². The molecule has 5 rings (SSSR count). The summed E-state index contributed by atoms with van der Waals surface area (Å²) in [6.07, 6.45) is 2.34. The number of carbonyl (C=O) groups is 2. The number of nitrogens with zero attached hydrogens (tertiary/aromatic N) is 4. The van der Waals surface area contributed by atoms with Crippen molar-refractivity contribution < 1.29 is 9.59 Å². The summed E-state index contributed by atoms with van der Waals surface area (Å²) in [7, 11) is 0. The number of thioether (sulfide) groups is 1. The fourth-order valence-electron chi connectivity index (χ4n) is 4.11. The van der Waals surface area contributed by atoms with Crippen LogP contribution in [0.3, 0.4) is 0 Å². The normalized spacial score (nSPS) is 16.6. The minimum atomic E-state index is -0.606. The lowest BCUT2D eigenvalue weighted by Crippen LogP contribution is -2.37. The molecule has 37 heavy (non-hydrogen) atoms. The minimum absolute atomic E-state index is 0.0195. The van der Waals surface area contributed by atoms with Crippen molar-refractivity contribution in [3.63, 3.8) is 0 Å². The van der Waals surface area contributed by atoms with Gasteiger partial charge in [-0.05, 0) is 41.6 Å². The van der Waals surface area contributed by atoms with E-state index in [0.29, 0.717) is 21.1 Å². The first-order valence-electron chi connectivity index (χ1n) is 12.0. The van der Waals surface area contributed by atoms with E-state index in [0.717, 1.165) is 17.7 Å². The van der Waals surface area contributed by atoms with Crippen molar-refractivity contribution in [1.82, 2.24) is 14.5 Å². The Balaban J connectivity index is 1.39. The van der Waals surface area contributed by atoms with E-state index in [2.05, 4.69) is 17.2 Å². The molecule has 188 valence electrons. The number of aliphatic imine (C=N–C) groups is 1. The number of fused-ring (bicyclic) bond motifs is 1. The monoisotopic (exact) mass is 531 g/mol. The fourth-order valence-corrected chi connectivity index (χ4v) is 6.02. The zero-order valence-electron chi connectivity index (χ0n) is 20.2. The van der Waals surface area contributed by atoms with E-state index in [-0.39, 0.29) is 36.9 Å². The van der Waals surface area contributed by atoms with Crippen LogP contribution in [0.5, 0.6) is 0 Å². The van der Waals surface area contributed by atoms with Gasteiger partial charge in [0.2, 0.25) is 11.8 Å². The Kier molecular flexibility index (Phi) is 7.47. The van der Waals surface area contributed by atoms with Crippen molar-refractivity contribution in [2.75, 3.05) is 11.9 Å². The predicted octanol–water partition coefficient (Wildman–Crippen LogP) is 4.68. The number of thiophene rings is 1. The molecule has 1 atom stereocenters. The summed E-state index contributed by atoms with van der Waals surface area (Å²) < 4.78 is 1.51. The molecule has 1 unspecified atom stereocenters. The molecule has 1 saturated heterocycles. The number of hydrogen-bond acceptors (Lipinski definition) is 7. The van der Waals surface area contributed by atoms with Crippen LogP contribution >= 0.6 is 23.1 Å². The van der Waals surface area contributed by atoms with E-state index in [1.54, 1.807) is 23.1 Å². The molecule has 0 aliphatic carbocycles. The molecule has 0 radical (unpaired) electrons. The average molecular weight is 532 g/mol. The highest BCUT2D eigenvalue weighted by molar-refractivity contribution is 8.15. The van der Waals surface area contributed by atoms with Crippen molar-refractivity contribution >= 4 is 61.7 Å². The van der Waals surface area contributed by atoms with Gasteiger partial charge < -0.3 is 5.32 Å². The van der Waals surface area contributed by atoms with Gasteiger partial charge in [0.05, 0.1) is 17.4 Å². The number of nitrogens with one attached hydrogen (secondary N) is 1. The highest BCUT2D eigenvalue weighted by Gasteiger charge is 2.39. The number of rotatable bonds is 8. The Morgan fingerprint density at radius 2 is 1.84 bits per heavy atom. The molecular formula is C27H25N5O3S2. The summed E-state index contributed by atoms with van der Waals surface area (Å²) >= 11 is 2.70. The smallest absolute Gasteiger partial charge is 0.262 e. The summed E-state index contributed by atoms with van der Waals surface area (Å²) in [6.45, 7) is 2.56. The highest BCUT2D eigenvalue weighted by Crippen LogP contribution is 2.33. The molecule has 0 bridgehead atoms. The Labute approximate surface area is 222 Å². The maximum absolute atomic E-state index is 13.5. The molecule has 8 nitrogen and oxygen atoms in total. The van der Waals surface area contributed by atoms with Gasteiger partial charge in [0, 0.05) is 25.2 Å². The van der Waals surface area contributed by atoms with Crippen LogP contribution in [-0.4, -0.2) is 43.2 Å². The number of amidine groups is 1. The van der Waals surface area contributed by atoms with Gasteiger partial charge in [-0.1, -0.05) is 55.1 Å². The van der Waals surface area contributed by atoms with E-state index < -0.39 is 5.25 Å². The van der Waals surface area contributed by atoms with E-state index in [4.69, 9.17) is 4.99 Å². The molecule has 1 N–H and O–H groups in total. The van der Waals surface area contributed by atoms with Crippen LogP contribution in [0.1, 0.15) is 18.9 Å². The zero-order chi connectivity index (χ0) is 25.8. The maximum atomic E-state index is 13.5. The Hall–Kier alpha value is -3.76. The molecule has 3 heterocycles. The standard InChI is InChI=1S/C27H25N5O3S2/c1-2-18-8-6-7-11-21(18)30-27-32(14-13-31-17-28-24-20(25(31)34)12-15-36-24)26(35)22(37-27)16-23(33)29-19-9-4-3-5-10-19/h3-12,15,17,22H,2,13-14,16H2,1H3,(H,29,33). The molecule has 1 aliphatic rings. The van der Waals surface area contributed by atoms with Gasteiger partial charge in [-0.25, -0.2) is 9.98 Å². The number of anilines is 1. The van der Waals surface area contributed by atoms with Crippen molar-refractivity contribution in [1.29, 1.82) is 0 Å². The first-order chi connectivity index (χ1) is 18.0. The second-order valence-electron chi connectivity index (χ2n) is 8.47. The van der Waals surface area contributed by atoms with Crippen LogP contribution in [0.4, 0.5) is 11.4 Å². The molecule has 2 aromatic carbocycles. The van der Waals surface area contributed by atoms with Crippen molar-refractivity contribution in [2.24, 2.45) is 4.99 Å². The van der Waals surface area contributed by atoms with Gasteiger partial charge >= 0.3 is 0 Å². The third-order valence-corrected chi connectivity index (χ3v) is 8.05. The number of para-hydroxylation sites is 2. The molecule has 1 fully saturated rings. The quantitative estimate of drug-likeness (QED) is 0.356. The van der Waals surface area contributed by atoms with Gasteiger partial charge in [-0.15, -0.1) is 11.3 Å². The molecule has 2 aromatic heterocycles. The SMILES string of the molecule is CCc1ccccc1N=C1SC(CC(=O)Nc2ccccc2)C(=O)N1CCn1cnc2sccc2c1=O. The number of benzene rings is 2. The minimum Gasteiger partial charge on any atom is -0.326 e. The first kappa shape index (κ1) is 24.9. The molecule has 10 heteroatoms. The topological polar surface area (TPSA) is 96.7 Å². The predicted molar refractivity (Wildman–Crippen MR) is 150 cm³/mol. The summed E-state index contributed by atoms with van der Waals surface area (Å²) in [5.74, 6) is -0.436.